The Kier molecular flexibility index (Phi) is 3.23. The number of amides is 1. The average molecular weight is 249 g/mol. The molecule has 0 aliphatic heterocycles. The second-order valence-electron chi connectivity index (χ2n) is 4.26. The van der Waals surface area contributed by atoms with Gasteiger partial charge in [0, 0.05) is 11.8 Å². The van der Waals surface area contributed by atoms with Crippen LogP contribution >= 0.6 is 0 Å². The SMILES string of the molecule is COC(=O)C1(C(=O)Nc2cccc(OC)c2)CC1. The fourth-order valence-electron chi connectivity index (χ4n) is 1.80. The number of carbonyl (C=O) groups is 2. The predicted molar refractivity (Wildman–Crippen MR) is 65.3 cm³/mol. The Hall–Kier alpha value is -2.04. The van der Waals surface area contributed by atoms with Crippen LogP contribution in [-0.4, -0.2) is 26.1 Å². The van der Waals surface area contributed by atoms with E-state index in [0.29, 0.717) is 24.3 Å². The van der Waals surface area contributed by atoms with E-state index in [0.717, 1.165) is 0 Å². The quantitative estimate of drug-likeness (QED) is 0.650. The molecule has 1 amide bonds. The number of hydrogen-bond donors (Lipinski definition) is 1. The van der Waals surface area contributed by atoms with Gasteiger partial charge in [0.1, 0.15) is 11.2 Å². The number of hydrogen-bond acceptors (Lipinski definition) is 4. The third kappa shape index (κ3) is 2.16. The lowest BCUT2D eigenvalue weighted by molar-refractivity contribution is -0.150. The summed E-state index contributed by atoms with van der Waals surface area (Å²) < 4.78 is 9.72. The number of anilines is 1. The van der Waals surface area contributed by atoms with Gasteiger partial charge in [0.05, 0.1) is 14.2 Å². The van der Waals surface area contributed by atoms with Crippen molar-refractivity contribution < 1.29 is 19.1 Å². The number of ether oxygens (including phenoxy) is 2. The van der Waals surface area contributed by atoms with E-state index in [1.54, 1.807) is 31.4 Å². The van der Waals surface area contributed by atoms with Crippen LogP contribution in [-0.2, 0) is 14.3 Å². The van der Waals surface area contributed by atoms with Crippen molar-refractivity contribution in [2.45, 2.75) is 12.8 Å². The fraction of sp³-hybridized carbons (Fsp3) is 0.385. The minimum Gasteiger partial charge on any atom is -0.497 e. The minimum absolute atomic E-state index is 0.317. The van der Waals surface area contributed by atoms with Crippen LogP contribution in [0.25, 0.3) is 0 Å². The van der Waals surface area contributed by atoms with E-state index in [9.17, 15) is 9.59 Å². The van der Waals surface area contributed by atoms with E-state index >= 15 is 0 Å². The highest BCUT2D eigenvalue weighted by atomic mass is 16.5. The highest BCUT2D eigenvalue weighted by Crippen LogP contribution is 2.47. The van der Waals surface area contributed by atoms with Gasteiger partial charge in [0.2, 0.25) is 5.91 Å². The second-order valence-corrected chi connectivity index (χ2v) is 4.26. The van der Waals surface area contributed by atoms with E-state index < -0.39 is 11.4 Å². The smallest absolute Gasteiger partial charge is 0.321 e. The lowest BCUT2D eigenvalue weighted by Crippen LogP contribution is -2.32. The summed E-state index contributed by atoms with van der Waals surface area (Å²) in [4.78, 5) is 23.6. The molecule has 1 fully saturated rings. The molecule has 1 aromatic rings. The Balaban J connectivity index is 2.10. The van der Waals surface area contributed by atoms with Crippen LogP contribution in [0.2, 0.25) is 0 Å². The molecule has 2 rings (SSSR count). The van der Waals surface area contributed by atoms with Crippen molar-refractivity contribution in [1.29, 1.82) is 0 Å². The van der Waals surface area contributed by atoms with Gasteiger partial charge in [-0.25, -0.2) is 0 Å². The molecule has 5 heteroatoms. The number of nitrogens with one attached hydrogen (secondary N) is 1. The normalized spacial score (nSPS) is 15.7. The fourth-order valence-corrected chi connectivity index (χ4v) is 1.80. The molecule has 0 bridgehead atoms. The lowest BCUT2D eigenvalue weighted by Gasteiger charge is -2.13. The predicted octanol–water partition coefficient (Wildman–Crippen LogP) is 1.59. The van der Waals surface area contributed by atoms with Crippen LogP contribution < -0.4 is 10.1 Å². The highest BCUT2D eigenvalue weighted by Gasteiger charge is 2.57. The molecular formula is C13H15NO4. The van der Waals surface area contributed by atoms with E-state index in [1.807, 2.05) is 0 Å². The van der Waals surface area contributed by atoms with E-state index in [4.69, 9.17) is 4.74 Å². The second kappa shape index (κ2) is 4.68. The molecule has 1 saturated carbocycles. The zero-order valence-corrected chi connectivity index (χ0v) is 10.4. The van der Waals surface area contributed by atoms with Gasteiger partial charge >= 0.3 is 5.97 Å². The molecule has 0 radical (unpaired) electrons. The number of carbonyl (C=O) groups excluding carboxylic acids is 2. The van der Waals surface area contributed by atoms with Crippen LogP contribution in [0.3, 0.4) is 0 Å². The summed E-state index contributed by atoms with van der Waals surface area (Å²) in [6, 6.07) is 6.99. The van der Waals surface area contributed by atoms with E-state index in [1.165, 1.54) is 7.11 Å². The molecule has 1 aliphatic rings. The van der Waals surface area contributed by atoms with Gasteiger partial charge in [-0.05, 0) is 25.0 Å². The van der Waals surface area contributed by atoms with Crippen molar-refractivity contribution in [2.24, 2.45) is 5.41 Å². The Morgan fingerprint density at radius 3 is 2.56 bits per heavy atom. The zero-order chi connectivity index (χ0) is 13.2. The maximum absolute atomic E-state index is 12.0. The van der Waals surface area contributed by atoms with Crippen LogP contribution in [0.15, 0.2) is 24.3 Å². The lowest BCUT2D eigenvalue weighted by atomic mass is 10.1. The van der Waals surface area contributed by atoms with Crippen molar-refractivity contribution in [3.05, 3.63) is 24.3 Å². The van der Waals surface area contributed by atoms with Crippen LogP contribution in [0, 0.1) is 5.41 Å². The molecule has 0 heterocycles. The van der Waals surface area contributed by atoms with E-state index in [-0.39, 0.29) is 5.91 Å². The summed E-state index contributed by atoms with van der Waals surface area (Å²) in [5.41, 5.74) is -0.382. The molecule has 0 unspecified atom stereocenters. The van der Waals surface area contributed by atoms with Gasteiger partial charge in [0.15, 0.2) is 0 Å². The average Bonchev–Trinajstić information content (AvgIpc) is 3.19. The number of esters is 1. The molecule has 0 atom stereocenters. The Morgan fingerprint density at radius 2 is 2.00 bits per heavy atom. The summed E-state index contributed by atoms with van der Waals surface area (Å²) in [5, 5.41) is 2.71. The number of methoxy groups -OCH3 is 2. The van der Waals surface area contributed by atoms with Crippen LogP contribution in [0.4, 0.5) is 5.69 Å². The van der Waals surface area contributed by atoms with E-state index in [2.05, 4.69) is 10.1 Å². The maximum Gasteiger partial charge on any atom is 0.321 e. The molecule has 96 valence electrons. The molecule has 18 heavy (non-hydrogen) atoms. The summed E-state index contributed by atoms with van der Waals surface area (Å²) in [5.74, 6) is -0.138. The van der Waals surface area contributed by atoms with Gasteiger partial charge in [-0.2, -0.15) is 0 Å². The highest BCUT2D eigenvalue weighted by molar-refractivity contribution is 6.11. The third-order valence-electron chi connectivity index (χ3n) is 3.09. The van der Waals surface area contributed by atoms with Crippen molar-refractivity contribution in [2.75, 3.05) is 19.5 Å². The number of rotatable bonds is 4. The first-order chi connectivity index (χ1) is 8.62. The van der Waals surface area contributed by atoms with Crippen molar-refractivity contribution in [3.63, 3.8) is 0 Å². The topological polar surface area (TPSA) is 64.6 Å². The summed E-state index contributed by atoms with van der Waals surface area (Å²) in [6.07, 6.45) is 1.07. The first-order valence-corrected chi connectivity index (χ1v) is 5.66. The largest absolute Gasteiger partial charge is 0.497 e. The Labute approximate surface area is 105 Å². The molecule has 0 spiro atoms. The first-order valence-electron chi connectivity index (χ1n) is 5.66. The standard InChI is InChI=1S/C13H15NO4/c1-17-10-5-3-4-9(8-10)14-11(15)13(6-7-13)12(16)18-2/h3-5,8H,6-7H2,1-2H3,(H,14,15). The molecule has 1 aromatic carbocycles. The first kappa shape index (κ1) is 12.4. The maximum atomic E-state index is 12.0. The monoisotopic (exact) mass is 249 g/mol. The minimum atomic E-state index is -0.988. The van der Waals surface area contributed by atoms with Crippen LogP contribution in [0.5, 0.6) is 5.75 Å². The summed E-state index contributed by atoms with van der Waals surface area (Å²) >= 11 is 0. The van der Waals surface area contributed by atoms with Crippen molar-refractivity contribution >= 4 is 17.6 Å². The molecule has 5 nitrogen and oxygen atoms in total. The van der Waals surface area contributed by atoms with Gasteiger partial charge in [-0.15, -0.1) is 0 Å². The van der Waals surface area contributed by atoms with Gasteiger partial charge in [-0.3, -0.25) is 9.59 Å². The zero-order valence-electron chi connectivity index (χ0n) is 10.4. The molecule has 1 N–H and O–H groups in total. The molecule has 0 aromatic heterocycles. The van der Waals surface area contributed by atoms with Gasteiger partial charge < -0.3 is 14.8 Å². The Bertz CT molecular complexity index is 480. The van der Waals surface area contributed by atoms with Crippen molar-refractivity contribution in [3.8, 4) is 5.75 Å². The molecule has 1 aliphatic carbocycles. The summed E-state index contributed by atoms with van der Waals surface area (Å²) in [6.45, 7) is 0. The van der Waals surface area contributed by atoms with Crippen molar-refractivity contribution in [1.82, 2.24) is 0 Å². The van der Waals surface area contributed by atoms with Crippen LogP contribution in [0.1, 0.15) is 12.8 Å². The third-order valence-corrected chi connectivity index (χ3v) is 3.09. The molecule has 0 saturated heterocycles. The van der Waals surface area contributed by atoms with Gasteiger partial charge in [-0.1, -0.05) is 6.07 Å². The van der Waals surface area contributed by atoms with Gasteiger partial charge in [0.25, 0.3) is 0 Å². The Morgan fingerprint density at radius 1 is 1.28 bits per heavy atom. The summed E-state index contributed by atoms with van der Waals surface area (Å²) in [7, 11) is 2.85. The number of benzene rings is 1. The molecular weight excluding hydrogens is 234 g/mol.